The summed E-state index contributed by atoms with van der Waals surface area (Å²) in [5.41, 5.74) is 0.972. The first-order valence-electron chi connectivity index (χ1n) is 4.71. The van der Waals surface area contributed by atoms with E-state index in [0.717, 1.165) is 10.0 Å². The van der Waals surface area contributed by atoms with Crippen LogP contribution in [0.5, 0.6) is 0 Å². The number of Topliss-reactive ketones (excluding diaryl/α,β-unsaturated/α-hetero) is 1. The summed E-state index contributed by atoms with van der Waals surface area (Å²) in [4.78, 5) is 22.4. The number of carbonyl (C=O) groups excluding carboxylic acids is 2. The maximum atomic E-state index is 11.3. The molecule has 0 saturated carbocycles. The monoisotopic (exact) mass is 267 g/mol. The zero-order chi connectivity index (χ0) is 10.8. The first kappa shape index (κ1) is 10.4. The van der Waals surface area contributed by atoms with Gasteiger partial charge in [0.1, 0.15) is 5.78 Å². The van der Waals surface area contributed by atoms with Gasteiger partial charge in [-0.3, -0.25) is 9.59 Å². The number of benzene rings is 1. The smallest absolute Gasteiger partial charge is 0.227 e. The van der Waals surface area contributed by atoms with Gasteiger partial charge >= 0.3 is 0 Å². The Kier molecular flexibility index (Phi) is 2.86. The Morgan fingerprint density at radius 3 is 2.47 bits per heavy atom. The summed E-state index contributed by atoms with van der Waals surface area (Å²) in [6, 6.07) is 7.47. The number of amides is 1. The van der Waals surface area contributed by atoms with Crippen LogP contribution in [-0.4, -0.2) is 11.7 Å². The van der Waals surface area contributed by atoms with Crippen molar-refractivity contribution < 1.29 is 9.59 Å². The quantitative estimate of drug-likeness (QED) is 0.791. The van der Waals surface area contributed by atoms with Crippen molar-refractivity contribution in [3.63, 3.8) is 0 Å². The summed E-state index contributed by atoms with van der Waals surface area (Å²) in [6.45, 7) is 0. The molecule has 0 bridgehead atoms. The standard InChI is InChI=1S/C11H10BrNO2/c12-8-3-1-7(2-4-8)10-5-9(14)6-11(15)13-10/h1-4,10H,5-6H2,(H,13,15). The Bertz CT molecular complexity index is 384. The second kappa shape index (κ2) is 4.14. The number of halogens is 1. The van der Waals surface area contributed by atoms with Crippen LogP contribution in [0.15, 0.2) is 28.7 Å². The number of hydrogen-bond acceptors (Lipinski definition) is 2. The normalized spacial score (nSPS) is 21.3. The molecule has 1 fully saturated rings. The number of hydrogen-bond donors (Lipinski definition) is 1. The van der Waals surface area contributed by atoms with Crippen molar-refractivity contribution >= 4 is 27.6 Å². The van der Waals surface area contributed by atoms with E-state index in [1.54, 1.807) is 0 Å². The van der Waals surface area contributed by atoms with Crippen LogP contribution in [0.1, 0.15) is 24.4 Å². The fourth-order valence-corrected chi connectivity index (χ4v) is 1.94. The van der Waals surface area contributed by atoms with E-state index in [-0.39, 0.29) is 24.2 Å². The van der Waals surface area contributed by atoms with Gasteiger partial charge in [0.15, 0.2) is 0 Å². The van der Waals surface area contributed by atoms with Crippen LogP contribution in [0.3, 0.4) is 0 Å². The van der Waals surface area contributed by atoms with Crippen LogP contribution in [0.4, 0.5) is 0 Å². The fraction of sp³-hybridized carbons (Fsp3) is 0.273. The van der Waals surface area contributed by atoms with Gasteiger partial charge in [0.25, 0.3) is 0 Å². The van der Waals surface area contributed by atoms with E-state index in [0.29, 0.717) is 6.42 Å². The minimum atomic E-state index is -0.181. The van der Waals surface area contributed by atoms with Gasteiger partial charge in [-0.05, 0) is 17.7 Å². The molecule has 1 heterocycles. The molecule has 78 valence electrons. The van der Waals surface area contributed by atoms with Crippen LogP contribution in [0, 0.1) is 0 Å². The third-order valence-corrected chi connectivity index (χ3v) is 2.93. The molecule has 1 unspecified atom stereocenters. The van der Waals surface area contributed by atoms with Gasteiger partial charge in [0.2, 0.25) is 5.91 Å². The molecule has 15 heavy (non-hydrogen) atoms. The second-order valence-electron chi connectivity index (χ2n) is 3.59. The third kappa shape index (κ3) is 2.45. The molecule has 2 rings (SSSR count). The van der Waals surface area contributed by atoms with E-state index in [1.165, 1.54) is 0 Å². The summed E-state index contributed by atoms with van der Waals surface area (Å²) in [6.07, 6.45) is 0.417. The highest BCUT2D eigenvalue weighted by molar-refractivity contribution is 9.10. The maximum Gasteiger partial charge on any atom is 0.227 e. The lowest BCUT2D eigenvalue weighted by Gasteiger charge is -2.22. The summed E-state index contributed by atoms with van der Waals surface area (Å²) in [5, 5.41) is 2.81. The topological polar surface area (TPSA) is 46.2 Å². The van der Waals surface area contributed by atoms with Crippen molar-refractivity contribution in [3.05, 3.63) is 34.3 Å². The van der Waals surface area contributed by atoms with Gasteiger partial charge in [-0.15, -0.1) is 0 Å². The van der Waals surface area contributed by atoms with Crippen molar-refractivity contribution in [3.8, 4) is 0 Å². The molecule has 0 spiro atoms. The molecule has 1 saturated heterocycles. The van der Waals surface area contributed by atoms with Crippen molar-refractivity contribution in [1.82, 2.24) is 5.32 Å². The summed E-state index contributed by atoms with van der Waals surface area (Å²) >= 11 is 3.34. The van der Waals surface area contributed by atoms with Crippen molar-refractivity contribution in [2.75, 3.05) is 0 Å². The van der Waals surface area contributed by atoms with Gasteiger partial charge in [0.05, 0.1) is 12.5 Å². The lowest BCUT2D eigenvalue weighted by molar-refractivity contribution is -0.132. The van der Waals surface area contributed by atoms with E-state index in [1.807, 2.05) is 24.3 Å². The molecule has 4 heteroatoms. The Labute approximate surface area is 96.0 Å². The summed E-state index contributed by atoms with van der Waals surface area (Å²) < 4.78 is 0.986. The van der Waals surface area contributed by atoms with Gasteiger partial charge in [-0.25, -0.2) is 0 Å². The largest absolute Gasteiger partial charge is 0.348 e. The van der Waals surface area contributed by atoms with E-state index in [4.69, 9.17) is 0 Å². The molecule has 1 aromatic rings. The second-order valence-corrected chi connectivity index (χ2v) is 4.51. The first-order chi connectivity index (χ1) is 7.15. The number of rotatable bonds is 1. The van der Waals surface area contributed by atoms with Crippen LogP contribution in [0.25, 0.3) is 0 Å². The van der Waals surface area contributed by atoms with Crippen molar-refractivity contribution in [1.29, 1.82) is 0 Å². The van der Waals surface area contributed by atoms with Gasteiger partial charge in [0, 0.05) is 10.9 Å². The molecule has 1 amide bonds. The van der Waals surface area contributed by atoms with E-state index < -0.39 is 0 Å². The minimum absolute atomic E-state index is 0.00617. The van der Waals surface area contributed by atoms with Crippen LogP contribution in [-0.2, 0) is 9.59 Å². The average molecular weight is 268 g/mol. The van der Waals surface area contributed by atoms with Crippen molar-refractivity contribution in [2.24, 2.45) is 0 Å². The highest BCUT2D eigenvalue weighted by Gasteiger charge is 2.25. The molecule has 1 N–H and O–H groups in total. The minimum Gasteiger partial charge on any atom is -0.348 e. The lowest BCUT2D eigenvalue weighted by atomic mass is 9.96. The predicted octanol–water partition coefficient (Wildman–Crippen LogP) is 1.97. The fourth-order valence-electron chi connectivity index (χ4n) is 1.67. The Hall–Kier alpha value is -1.16. The molecule has 0 aliphatic carbocycles. The molecule has 0 aromatic heterocycles. The van der Waals surface area contributed by atoms with Gasteiger partial charge in [-0.1, -0.05) is 28.1 Å². The maximum absolute atomic E-state index is 11.3. The van der Waals surface area contributed by atoms with Crippen LogP contribution in [0.2, 0.25) is 0 Å². The first-order valence-corrected chi connectivity index (χ1v) is 5.51. The number of carbonyl (C=O) groups is 2. The van der Waals surface area contributed by atoms with Gasteiger partial charge < -0.3 is 5.32 Å². The molecular weight excluding hydrogens is 258 g/mol. The van der Waals surface area contributed by atoms with Crippen LogP contribution < -0.4 is 5.32 Å². The number of nitrogens with one attached hydrogen (secondary N) is 1. The van der Waals surface area contributed by atoms with Gasteiger partial charge in [-0.2, -0.15) is 0 Å². The Morgan fingerprint density at radius 2 is 1.87 bits per heavy atom. The zero-order valence-electron chi connectivity index (χ0n) is 8.00. The molecular formula is C11H10BrNO2. The summed E-state index contributed by atoms with van der Waals surface area (Å²) in [7, 11) is 0. The molecule has 1 atom stereocenters. The highest BCUT2D eigenvalue weighted by atomic mass is 79.9. The number of ketones is 1. The van der Waals surface area contributed by atoms with Crippen molar-refractivity contribution in [2.45, 2.75) is 18.9 Å². The van der Waals surface area contributed by atoms with E-state index >= 15 is 0 Å². The molecule has 3 nitrogen and oxygen atoms in total. The molecule has 1 aliphatic heterocycles. The van der Waals surface area contributed by atoms with Crippen LogP contribution >= 0.6 is 15.9 Å². The SMILES string of the molecule is O=C1CC(=O)NC(c2ccc(Br)cc2)C1. The van der Waals surface area contributed by atoms with E-state index in [2.05, 4.69) is 21.2 Å². The van der Waals surface area contributed by atoms with E-state index in [9.17, 15) is 9.59 Å². The predicted molar refractivity (Wildman–Crippen MR) is 59.3 cm³/mol. The molecule has 0 radical (unpaired) electrons. The lowest BCUT2D eigenvalue weighted by Crippen LogP contribution is -2.36. The Balaban J connectivity index is 2.19. The highest BCUT2D eigenvalue weighted by Crippen LogP contribution is 2.22. The molecule has 1 aliphatic rings. The molecule has 1 aromatic carbocycles. The third-order valence-electron chi connectivity index (χ3n) is 2.40. The number of piperidine rings is 1. The zero-order valence-corrected chi connectivity index (χ0v) is 9.58. The average Bonchev–Trinajstić information content (AvgIpc) is 2.17. The summed E-state index contributed by atoms with van der Waals surface area (Å²) in [5.74, 6) is -0.175. The Morgan fingerprint density at radius 1 is 1.20 bits per heavy atom.